The lowest BCUT2D eigenvalue weighted by molar-refractivity contribution is -0.138. The van der Waals surface area contributed by atoms with E-state index in [1.54, 1.807) is 24.3 Å². The predicted octanol–water partition coefficient (Wildman–Crippen LogP) is 2.97. The van der Waals surface area contributed by atoms with Gasteiger partial charge in [-0.3, -0.25) is 4.79 Å². The Kier molecular flexibility index (Phi) is 3.73. The largest absolute Gasteiger partial charge is 0.419 e. The van der Waals surface area contributed by atoms with Crippen molar-refractivity contribution in [2.75, 3.05) is 0 Å². The first-order valence-corrected chi connectivity index (χ1v) is 6.59. The first-order valence-electron chi connectivity index (χ1n) is 6.59. The average Bonchev–Trinajstić information content (AvgIpc) is 2.98. The van der Waals surface area contributed by atoms with Crippen molar-refractivity contribution in [2.24, 2.45) is 0 Å². The summed E-state index contributed by atoms with van der Waals surface area (Å²) in [4.78, 5) is 11.7. The molecule has 23 heavy (non-hydrogen) atoms. The lowest BCUT2D eigenvalue weighted by Crippen LogP contribution is -2.22. The van der Waals surface area contributed by atoms with Crippen molar-refractivity contribution >= 4 is 0 Å². The van der Waals surface area contributed by atoms with Crippen LogP contribution in [0.2, 0.25) is 0 Å². The summed E-state index contributed by atoms with van der Waals surface area (Å²) in [5, 5.41) is 7.59. The second-order valence-corrected chi connectivity index (χ2v) is 4.75. The molecule has 0 saturated carbocycles. The quantitative estimate of drug-likeness (QED) is 0.744. The maximum atomic E-state index is 12.7. The monoisotopic (exact) mass is 321 g/mol. The van der Waals surface area contributed by atoms with Crippen molar-refractivity contribution in [3.8, 4) is 11.5 Å². The molecule has 0 atom stereocenters. The van der Waals surface area contributed by atoms with Gasteiger partial charge in [0.1, 0.15) is 6.54 Å². The maximum absolute atomic E-state index is 12.7. The smallest absolute Gasteiger partial charge is 0.417 e. The van der Waals surface area contributed by atoms with E-state index in [2.05, 4.69) is 10.2 Å². The van der Waals surface area contributed by atoms with Crippen molar-refractivity contribution in [1.82, 2.24) is 14.8 Å². The average molecular weight is 321 g/mol. The summed E-state index contributed by atoms with van der Waals surface area (Å²) in [6.45, 7) is -0.234. The first-order chi connectivity index (χ1) is 10.9. The van der Waals surface area contributed by atoms with Crippen LogP contribution in [-0.4, -0.2) is 14.8 Å². The van der Waals surface area contributed by atoms with Crippen LogP contribution in [0.25, 0.3) is 11.5 Å². The third-order valence-electron chi connectivity index (χ3n) is 3.10. The highest BCUT2D eigenvalue weighted by atomic mass is 19.4. The molecule has 0 unspecified atom stereocenters. The second kappa shape index (κ2) is 5.71. The zero-order valence-corrected chi connectivity index (χ0v) is 11.6. The molecule has 3 rings (SSSR count). The second-order valence-electron chi connectivity index (χ2n) is 4.75. The maximum Gasteiger partial charge on any atom is 0.417 e. The van der Waals surface area contributed by atoms with E-state index in [0.29, 0.717) is 5.56 Å². The molecule has 0 N–H and O–H groups in total. The van der Waals surface area contributed by atoms with Gasteiger partial charge in [-0.05, 0) is 18.2 Å². The van der Waals surface area contributed by atoms with E-state index in [9.17, 15) is 18.0 Å². The van der Waals surface area contributed by atoms with Crippen LogP contribution in [0.15, 0.2) is 57.9 Å². The molecule has 0 saturated heterocycles. The van der Waals surface area contributed by atoms with Gasteiger partial charge in [0.15, 0.2) is 0 Å². The van der Waals surface area contributed by atoms with Crippen LogP contribution >= 0.6 is 0 Å². The molecule has 5 nitrogen and oxygen atoms in total. The van der Waals surface area contributed by atoms with E-state index >= 15 is 0 Å². The van der Waals surface area contributed by atoms with Gasteiger partial charge in [0.05, 0.1) is 5.56 Å². The Labute approximate surface area is 128 Å². The number of rotatable bonds is 3. The van der Waals surface area contributed by atoms with Crippen LogP contribution in [0.1, 0.15) is 11.5 Å². The van der Waals surface area contributed by atoms with Gasteiger partial charge < -0.3 is 8.98 Å². The van der Waals surface area contributed by atoms with Crippen LogP contribution in [-0.2, 0) is 12.7 Å². The molecule has 0 bridgehead atoms. The number of benzene rings is 1. The summed E-state index contributed by atoms with van der Waals surface area (Å²) in [5.74, 6) is 0.283. The molecule has 0 amide bonds. The number of nitrogens with zero attached hydrogens (tertiary/aromatic N) is 3. The molecule has 0 spiro atoms. The Hall–Kier alpha value is -2.90. The molecule has 0 radical (unpaired) electrons. The molecule has 3 aromatic rings. The summed E-state index contributed by atoms with van der Waals surface area (Å²) in [6, 6.07) is 10.5. The summed E-state index contributed by atoms with van der Waals surface area (Å²) < 4.78 is 44.4. The summed E-state index contributed by atoms with van der Waals surface area (Å²) in [6.07, 6.45) is -3.80. The van der Waals surface area contributed by atoms with Crippen LogP contribution in [0, 0.1) is 0 Å². The Morgan fingerprint density at radius 2 is 1.78 bits per heavy atom. The summed E-state index contributed by atoms with van der Waals surface area (Å²) in [5.41, 5.74) is -0.819. The molecular weight excluding hydrogens is 311 g/mol. The highest BCUT2D eigenvalue weighted by Gasteiger charge is 2.31. The molecule has 0 fully saturated rings. The predicted molar refractivity (Wildman–Crippen MR) is 74.5 cm³/mol. The molecule has 0 aliphatic heterocycles. The normalized spacial score (nSPS) is 11.6. The Morgan fingerprint density at radius 1 is 1.04 bits per heavy atom. The van der Waals surface area contributed by atoms with Gasteiger partial charge in [-0.2, -0.15) is 13.2 Å². The van der Waals surface area contributed by atoms with Crippen LogP contribution in [0.3, 0.4) is 0 Å². The fraction of sp³-hybridized carbons (Fsp3) is 0.133. The minimum Gasteiger partial charge on any atom is -0.419 e. The summed E-state index contributed by atoms with van der Waals surface area (Å²) >= 11 is 0. The lowest BCUT2D eigenvalue weighted by Gasteiger charge is -2.08. The van der Waals surface area contributed by atoms with E-state index in [1.165, 1.54) is 0 Å². The van der Waals surface area contributed by atoms with Gasteiger partial charge in [0.25, 0.3) is 5.56 Å². The minimum atomic E-state index is -4.53. The van der Waals surface area contributed by atoms with Crippen LogP contribution < -0.4 is 5.56 Å². The third-order valence-corrected chi connectivity index (χ3v) is 3.10. The van der Waals surface area contributed by atoms with Crippen molar-refractivity contribution in [3.05, 3.63) is 70.5 Å². The fourth-order valence-electron chi connectivity index (χ4n) is 1.98. The minimum absolute atomic E-state index is 0.0466. The van der Waals surface area contributed by atoms with E-state index in [4.69, 9.17) is 4.42 Å². The number of pyridine rings is 1. The molecule has 2 heterocycles. The number of alkyl halides is 3. The number of hydrogen-bond donors (Lipinski definition) is 0. The third kappa shape index (κ3) is 3.31. The number of aromatic nitrogens is 3. The lowest BCUT2D eigenvalue weighted by atomic mass is 10.2. The van der Waals surface area contributed by atoms with Gasteiger partial charge in [0.2, 0.25) is 11.8 Å². The molecule has 8 heteroatoms. The fourth-order valence-corrected chi connectivity index (χ4v) is 1.98. The Morgan fingerprint density at radius 3 is 2.48 bits per heavy atom. The Balaban J connectivity index is 1.89. The standard InChI is InChI=1S/C15H10F3N3O2/c16-15(17,18)11-6-7-13(22)21(8-11)9-12-19-20-14(23-12)10-4-2-1-3-5-10/h1-8H,9H2. The van der Waals surface area contributed by atoms with Crippen LogP contribution in [0.4, 0.5) is 13.2 Å². The zero-order chi connectivity index (χ0) is 16.4. The highest BCUT2D eigenvalue weighted by Crippen LogP contribution is 2.28. The van der Waals surface area contributed by atoms with Crippen molar-refractivity contribution in [3.63, 3.8) is 0 Å². The van der Waals surface area contributed by atoms with Gasteiger partial charge in [-0.25, -0.2) is 0 Å². The molecule has 0 aliphatic rings. The van der Waals surface area contributed by atoms with Crippen molar-refractivity contribution < 1.29 is 17.6 Å². The van der Waals surface area contributed by atoms with Gasteiger partial charge in [-0.1, -0.05) is 18.2 Å². The number of halogens is 3. The Bertz CT molecular complexity index is 869. The van der Waals surface area contributed by atoms with E-state index < -0.39 is 17.3 Å². The molecule has 118 valence electrons. The van der Waals surface area contributed by atoms with E-state index in [0.717, 1.165) is 22.9 Å². The van der Waals surface area contributed by atoms with Crippen LogP contribution in [0.5, 0.6) is 0 Å². The van der Waals surface area contributed by atoms with E-state index in [1.807, 2.05) is 6.07 Å². The van der Waals surface area contributed by atoms with Crippen molar-refractivity contribution in [2.45, 2.75) is 12.7 Å². The van der Waals surface area contributed by atoms with E-state index in [-0.39, 0.29) is 18.3 Å². The number of hydrogen-bond acceptors (Lipinski definition) is 4. The highest BCUT2D eigenvalue weighted by molar-refractivity contribution is 5.51. The SMILES string of the molecule is O=c1ccc(C(F)(F)F)cn1Cc1nnc(-c2ccccc2)o1. The van der Waals surface area contributed by atoms with Gasteiger partial charge in [0, 0.05) is 17.8 Å². The van der Waals surface area contributed by atoms with Gasteiger partial charge in [-0.15, -0.1) is 10.2 Å². The topological polar surface area (TPSA) is 60.9 Å². The molecular formula is C15H10F3N3O2. The summed E-state index contributed by atoms with van der Waals surface area (Å²) in [7, 11) is 0. The zero-order valence-electron chi connectivity index (χ0n) is 11.6. The first kappa shape index (κ1) is 15.0. The molecule has 1 aromatic carbocycles. The van der Waals surface area contributed by atoms with Crippen molar-refractivity contribution in [1.29, 1.82) is 0 Å². The molecule has 2 aromatic heterocycles. The van der Waals surface area contributed by atoms with Gasteiger partial charge >= 0.3 is 6.18 Å². The molecule has 0 aliphatic carbocycles.